The zero-order valence-electron chi connectivity index (χ0n) is 18.4. The molecule has 0 unspecified atom stereocenters. The van der Waals surface area contributed by atoms with Crippen molar-refractivity contribution in [3.05, 3.63) is 59.2 Å². The van der Waals surface area contributed by atoms with Crippen molar-refractivity contribution in [2.24, 2.45) is 0 Å². The lowest BCUT2D eigenvalue weighted by Crippen LogP contribution is -2.51. The fraction of sp³-hybridized carbons (Fsp3) is 0.417. The fourth-order valence-corrected chi connectivity index (χ4v) is 3.84. The van der Waals surface area contributed by atoms with Crippen molar-refractivity contribution in [2.45, 2.75) is 33.6 Å². The highest BCUT2D eigenvalue weighted by atomic mass is 32.1. The molecule has 1 aliphatic heterocycles. The van der Waals surface area contributed by atoms with Gasteiger partial charge in [-0.25, -0.2) is 0 Å². The molecule has 3 rings (SSSR count). The largest absolute Gasteiger partial charge is 0.346 e. The first-order chi connectivity index (χ1) is 14.3. The first-order valence-electron chi connectivity index (χ1n) is 10.6. The molecule has 30 heavy (non-hydrogen) atoms. The molecule has 2 aromatic rings. The summed E-state index contributed by atoms with van der Waals surface area (Å²) in [5.74, 6) is 0.550. The van der Waals surface area contributed by atoms with Crippen LogP contribution in [0.4, 0.5) is 11.4 Å². The topological polar surface area (TPSA) is 47.6 Å². The lowest BCUT2D eigenvalue weighted by atomic mass is 10.0. The van der Waals surface area contributed by atoms with Crippen LogP contribution in [0.2, 0.25) is 0 Å². The standard InChI is InChI=1S/C24H32N4OS/c1-17(2)20-8-10-21(11-9-20)25-24(30)28-14-12-27(13-15-28)16-23(29)26-22-7-5-6-18(3)19(22)4/h5-11,17H,12-16H2,1-4H3,(H,25,30)(H,26,29). The molecule has 0 radical (unpaired) electrons. The number of piperazine rings is 1. The fourth-order valence-electron chi connectivity index (χ4n) is 3.54. The molecule has 0 bridgehead atoms. The van der Waals surface area contributed by atoms with Crippen LogP contribution < -0.4 is 10.6 Å². The Kier molecular flexibility index (Phi) is 7.45. The van der Waals surface area contributed by atoms with Gasteiger partial charge in [0.15, 0.2) is 5.11 Å². The maximum absolute atomic E-state index is 12.5. The molecule has 1 saturated heterocycles. The van der Waals surface area contributed by atoms with E-state index in [0.717, 1.165) is 48.2 Å². The van der Waals surface area contributed by atoms with E-state index in [-0.39, 0.29) is 5.91 Å². The minimum Gasteiger partial charge on any atom is -0.346 e. The Bertz CT molecular complexity index is 887. The Morgan fingerprint density at radius 3 is 2.30 bits per heavy atom. The van der Waals surface area contributed by atoms with Gasteiger partial charge in [-0.15, -0.1) is 0 Å². The summed E-state index contributed by atoms with van der Waals surface area (Å²) in [4.78, 5) is 16.8. The van der Waals surface area contributed by atoms with E-state index in [9.17, 15) is 4.79 Å². The third kappa shape index (κ3) is 5.80. The van der Waals surface area contributed by atoms with Gasteiger partial charge in [0, 0.05) is 37.6 Å². The summed E-state index contributed by atoms with van der Waals surface area (Å²) in [5.41, 5.74) is 5.53. The van der Waals surface area contributed by atoms with Gasteiger partial charge in [0.1, 0.15) is 0 Å². The van der Waals surface area contributed by atoms with E-state index >= 15 is 0 Å². The minimum absolute atomic E-state index is 0.0306. The number of amides is 1. The van der Waals surface area contributed by atoms with Crippen LogP contribution in [0.25, 0.3) is 0 Å². The van der Waals surface area contributed by atoms with E-state index in [1.165, 1.54) is 11.1 Å². The number of aryl methyl sites for hydroxylation is 1. The average molecular weight is 425 g/mol. The number of hydrogen-bond donors (Lipinski definition) is 2. The lowest BCUT2D eigenvalue weighted by Gasteiger charge is -2.35. The number of rotatable bonds is 5. The summed E-state index contributed by atoms with van der Waals surface area (Å²) >= 11 is 5.60. The number of nitrogens with one attached hydrogen (secondary N) is 2. The van der Waals surface area contributed by atoms with Gasteiger partial charge in [-0.05, 0) is 66.9 Å². The average Bonchev–Trinajstić information content (AvgIpc) is 2.72. The van der Waals surface area contributed by atoms with Crippen LogP contribution in [0.3, 0.4) is 0 Å². The highest BCUT2D eigenvalue weighted by Crippen LogP contribution is 2.19. The number of thiocarbonyl (C=S) groups is 1. The second kappa shape index (κ2) is 10.0. The highest BCUT2D eigenvalue weighted by Gasteiger charge is 2.21. The quantitative estimate of drug-likeness (QED) is 0.698. The first-order valence-corrected chi connectivity index (χ1v) is 11.0. The van der Waals surface area contributed by atoms with Crippen molar-refractivity contribution in [3.63, 3.8) is 0 Å². The molecule has 0 spiro atoms. The predicted octanol–water partition coefficient (Wildman–Crippen LogP) is 4.38. The van der Waals surface area contributed by atoms with E-state index in [1.807, 2.05) is 19.1 Å². The first kappa shape index (κ1) is 22.2. The number of nitrogens with zero attached hydrogens (tertiary/aromatic N) is 2. The van der Waals surface area contributed by atoms with Gasteiger partial charge in [0.25, 0.3) is 0 Å². The van der Waals surface area contributed by atoms with Gasteiger partial charge in [0.2, 0.25) is 5.91 Å². The predicted molar refractivity (Wildman–Crippen MR) is 129 cm³/mol. The molecule has 6 heteroatoms. The van der Waals surface area contributed by atoms with E-state index < -0.39 is 0 Å². The second-order valence-electron chi connectivity index (χ2n) is 8.27. The third-order valence-corrected chi connectivity index (χ3v) is 6.09. The number of carbonyl (C=O) groups excluding carboxylic acids is 1. The molecule has 0 atom stereocenters. The van der Waals surface area contributed by atoms with Crippen LogP contribution in [0.15, 0.2) is 42.5 Å². The zero-order valence-corrected chi connectivity index (χ0v) is 19.2. The van der Waals surface area contributed by atoms with Gasteiger partial charge < -0.3 is 15.5 Å². The van der Waals surface area contributed by atoms with Crippen LogP contribution in [-0.4, -0.2) is 53.5 Å². The Morgan fingerprint density at radius 2 is 1.67 bits per heavy atom. The number of hydrogen-bond acceptors (Lipinski definition) is 3. The van der Waals surface area contributed by atoms with Crippen molar-refractivity contribution in [1.29, 1.82) is 0 Å². The summed E-state index contributed by atoms with van der Waals surface area (Å²) in [5, 5.41) is 7.12. The molecule has 1 heterocycles. The SMILES string of the molecule is Cc1cccc(NC(=O)CN2CCN(C(=S)Nc3ccc(C(C)C)cc3)CC2)c1C. The summed E-state index contributed by atoms with van der Waals surface area (Å²) in [6.45, 7) is 12.1. The molecule has 1 fully saturated rings. The maximum atomic E-state index is 12.5. The summed E-state index contributed by atoms with van der Waals surface area (Å²) in [6.07, 6.45) is 0. The van der Waals surface area contributed by atoms with Crippen molar-refractivity contribution in [3.8, 4) is 0 Å². The normalized spacial score (nSPS) is 14.6. The molecular weight excluding hydrogens is 392 g/mol. The molecule has 0 saturated carbocycles. The van der Waals surface area contributed by atoms with E-state index in [2.05, 4.69) is 71.5 Å². The Hall–Kier alpha value is -2.44. The van der Waals surface area contributed by atoms with Gasteiger partial charge in [-0.2, -0.15) is 0 Å². The molecule has 2 aromatic carbocycles. The van der Waals surface area contributed by atoms with Crippen molar-refractivity contribution < 1.29 is 4.79 Å². The third-order valence-electron chi connectivity index (χ3n) is 5.73. The summed E-state index contributed by atoms with van der Waals surface area (Å²) < 4.78 is 0. The Balaban J connectivity index is 1.45. The number of anilines is 2. The van der Waals surface area contributed by atoms with Crippen LogP contribution in [0.5, 0.6) is 0 Å². The van der Waals surface area contributed by atoms with Crippen molar-refractivity contribution in [1.82, 2.24) is 9.80 Å². The maximum Gasteiger partial charge on any atom is 0.238 e. The van der Waals surface area contributed by atoms with Gasteiger partial charge in [-0.1, -0.05) is 38.1 Å². The smallest absolute Gasteiger partial charge is 0.238 e. The Labute approximate surface area is 185 Å². The molecule has 0 aromatic heterocycles. The van der Waals surface area contributed by atoms with Gasteiger partial charge >= 0.3 is 0 Å². The monoisotopic (exact) mass is 424 g/mol. The van der Waals surface area contributed by atoms with Gasteiger partial charge in [-0.3, -0.25) is 9.69 Å². The van der Waals surface area contributed by atoms with Crippen molar-refractivity contribution in [2.75, 3.05) is 43.4 Å². The Morgan fingerprint density at radius 1 is 1.00 bits per heavy atom. The highest BCUT2D eigenvalue weighted by molar-refractivity contribution is 7.80. The molecule has 1 amide bonds. The number of benzene rings is 2. The molecule has 0 aliphatic carbocycles. The molecule has 1 aliphatic rings. The summed E-state index contributed by atoms with van der Waals surface area (Å²) in [7, 11) is 0. The van der Waals surface area contributed by atoms with E-state index in [1.54, 1.807) is 0 Å². The molecule has 5 nitrogen and oxygen atoms in total. The van der Waals surface area contributed by atoms with Gasteiger partial charge in [0.05, 0.1) is 6.54 Å². The van der Waals surface area contributed by atoms with E-state index in [0.29, 0.717) is 12.5 Å². The minimum atomic E-state index is 0.0306. The molecule has 160 valence electrons. The number of carbonyl (C=O) groups is 1. The lowest BCUT2D eigenvalue weighted by molar-refractivity contribution is -0.117. The van der Waals surface area contributed by atoms with Crippen LogP contribution in [0, 0.1) is 13.8 Å². The molecule has 2 N–H and O–H groups in total. The zero-order chi connectivity index (χ0) is 21.7. The molecular formula is C24H32N4OS. The van der Waals surface area contributed by atoms with Crippen LogP contribution in [0.1, 0.15) is 36.5 Å². The second-order valence-corrected chi connectivity index (χ2v) is 8.65. The summed E-state index contributed by atoms with van der Waals surface area (Å²) in [6, 6.07) is 14.4. The van der Waals surface area contributed by atoms with Crippen molar-refractivity contribution >= 4 is 34.6 Å². The van der Waals surface area contributed by atoms with Crippen LogP contribution in [-0.2, 0) is 4.79 Å². The van der Waals surface area contributed by atoms with E-state index in [4.69, 9.17) is 12.2 Å². The van der Waals surface area contributed by atoms with Crippen LogP contribution >= 0.6 is 12.2 Å².